The first-order chi connectivity index (χ1) is 8.45. The maximum absolute atomic E-state index is 11.8. The Kier molecular flexibility index (Phi) is 8.16. The van der Waals surface area contributed by atoms with Gasteiger partial charge in [-0.15, -0.1) is 0 Å². The lowest BCUT2D eigenvalue weighted by atomic mass is 10.0. The summed E-state index contributed by atoms with van der Waals surface area (Å²) in [5, 5.41) is 0. The molecule has 1 amide bonds. The molecule has 0 aliphatic rings. The van der Waals surface area contributed by atoms with Crippen LogP contribution < -0.4 is 0 Å². The van der Waals surface area contributed by atoms with Crippen molar-refractivity contribution in [2.24, 2.45) is 5.92 Å². The van der Waals surface area contributed by atoms with Crippen LogP contribution in [0.25, 0.3) is 0 Å². The summed E-state index contributed by atoms with van der Waals surface area (Å²) in [7, 11) is 1.57. The number of ether oxygens (including phenoxy) is 2. The van der Waals surface area contributed by atoms with Gasteiger partial charge < -0.3 is 9.47 Å². The first kappa shape index (κ1) is 16.7. The zero-order chi connectivity index (χ0) is 14.1. The number of amides is 1. The molecule has 0 aliphatic carbocycles. The van der Waals surface area contributed by atoms with Gasteiger partial charge in [0, 0.05) is 7.05 Å². The Balaban J connectivity index is 4.50. The van der Waals surface area contributed by atoms with Gasteiger partial charge in [-0.2, -0.15) is 0 Å². The van der Waals surface area contributed by atoms with Crippen molar-refractivity contribution in [2.75, 3.05) is 20.3 Å². The van der Waals surface area contributed by atoms with Gasteiger partial charge in [-0.1, -0.05) is 27.2 Å². The normalized spacial score (nSPS) is 12.1. The molecule has 18 heavy (non-hydrogen) atoms. The molecule has 0 bridgehead atoms. The van der Waals surface area contributed by atoms with E-state index >= 15 is 0 Å². The van der Waals surface area contributed by atoms with Crippen LogP contribution in [0.5, 0.6) is 0 Å². The second-order valence-electron chi connectivity index (χ2n) is 4.52. The lowest BCUT2D eigenvalue weighted by Gasteiger charge is -2.28. The number of carbonyl (C=O) groups is 2. The van der Waals surface area contributed by atoms with Gasteiger partial charge >= 0.3 is 12.1 Å². The summed E-state index contributed by atoms with van der Waals surface area (Å²) in [4.78, 5) is 24.9. The molecule has 0 aromatic heterocycles. The number of carbonyl (C=O) groups excluding carboxylic acids is 2. The minimum atomic E-state index is -0.598. The summed E-state index contributed by atoms with van der Waals surface area (Å²) in [5.41, 5.74) is 0. The third-order valence-electron chi connectivity index (χ3n) is 2.59. The van der Waals surface area contributed by atoms with Gasteiger partial charge in [0.2, 0.25) is 0 Å². The Morgan fingerprint density at radius 1 is 1.17 bits per heavy atom. The van der Waals surface area contributed by atoms with E-state index in [9.17, 15) is 9.59 Å². The van der Waals surface area contributed by atoms with Crippen LogP contribution in [-0.2, 0) is 14.3 Å². The second-order valence-corrected chi connectivity index (χ2v) is 4.52. The Bertz CT molecular complexity index is 266. The van der Waals surface area contributed by atoms with Gasteiger partial charge in [0.25, 0.3) is 0 Å². The number of hydrogen-bond donors (Lipinski definition) is 0. The number of likely N-dealkylation sites (N-methyl/N-ethyl adjacent to an activating group) is 1. The maximum Gasteiger partial charge on any atom is 0.410 e. The molecular formula is C13H25NO4. The van der Waals surface area contributed by atoms with E-state index in [4.69, 9.17) is 9.47 Å². The molecule has 0 radical (unpaired) electrons. The van der Waals surface area contributed by atoms with Gasteiger partial charge in [0.15, 0.2) is 0 Å². The minimum Gasteiger partial charge on any atom is -0.464 e. The molecule has 5 nitrogen and oxygen atoms in total. The van der Waals surface area contributed by atoms with E-state index in [2.05, 4.69) is 0 Å². The van der Waals surface area contributed by atoms with Gasteiger partial charge in [-0.05, 0) is 19.3 Å². The smallest absolute Gasteiger partial charge is 0.410 e. The van der Waals surface area contributed by atoms with Crippen LogP contribution in [0.1, 0.15) is 40.5 Å². The van der Waals surface area contributed by atoms with Gasteiger partial charge in [-0.25, -0.2) is 9.59 Å². The average Bonchev–Trinajstić information content (AvgIpc) is 2.29. The second kappa shape index (κ2) is 8.78. The topological polar surface area (TPSA) is 55.8 Å². The molecule has 1 atom stereocenters. The number of rotatable bonds is 7. The summed E-state index contributed by atoms with van der Waals surface area (Å²) in [6, 6.07) is -0.598. The van der Waals surface area contributed by atoms with E-state index in [-0.39, 0.29) is 11.9 Å². The van der Waals surface area contributed by atoms with E-state index in [1.54, 1.807) is 14.0 Å². The highest BCUT2D eigenvalue weighted by Gasteiger charge is 2.31. The van der Waals surface area contributed by atoms with Crippen molar-refractivity contribution in [2.45, 2.75) is 46.6 Å². The molecule has 0 spiro atoms. The van der Waals surface area contributed by atoms with Crippen molar-refractivity contribution < 1.29 is 19.1 Å². The highest BCUT2D eigenvalue weighted by atomic mass is 16.6. The van der Waals surface area contributed by atoms with Crippen LogP contribution in [-0.4, -0.2) is 43.3 Å². The molecule has 0 N–H and O–H groups in total. The Morgan fingerprint density at radius 3 is 2.22 bits per heavy atom. The summed E-state index contributed by atoms with van der Waals surface area (Å²) in [6.45, 7) is 8.20. The van der Waals surface area contributed by atoms with Gasteiger partial charge in [0.05, 0.1) is 13.2 Å². The quantitative estimate of drug-likeness (QED) is 0.520. The van der Waals surface area contributed by atoms with Gasteiger partial charge in [0.1, 0.15) is 6.04 Å². The van der Waals surface area contributed by atoms with E-state index in [0.29, 0.717) is 13.2 Å². The molecule has 0 saturated heterocycles. The number of hydrogen-bond acceptors (Lipinski definition) is 4. The van der Waals surface area contributed by atoms with E-state index < -0.39 is 12.1 Å². The number of unbranched alkanes of at least 4 members (excludes halogenated alkanes) is 1. The summed E-state index contributed by atoms with van der Waals surface area (Å²) >= 11 is 0. The van der Waals surface area contributed by atoms with E-state index in [1.807, 2.05) is 20.8 Å². The highest BCUT2D eigenvalue weighted by Crippen LogP contribution is 2.12. The molecule has 0 heterocycles. The Hall–Kier alpha value is -1.26. The minimum absolute atomic E-state index is 0.0206. The third-order valence-corrected chi connectivity index (χ3v) is 2.59. The zero-order valence-electron chi connectivity index (χ0n) is 12.1. The predicted octanol–water partition coefficient (Wildman–Crippen LogP) is 2.44. The van der Waals surface area contributed by atoms with Crippen LogP contribution in [0.2, 0.25) is 0 Å². The molecule has 0 fully saturated rings. The van der Waals surface area contributed by atoms with Crippen molar-refractivity contribution >= 4 is 12.1 Å². The van der Waals surface area contributed by atoms with Crippen molar-refractivity contribution in [3.63, 3.8) is 0 Å². The molecule has 0 aromatic rings. The fraction of sp³-hybridized carbons (Fsp3) is 0.846. The van der Waals surface area contributed by atoms with Gasteiger partial charge in [-0.3, -0.25) is 4.90 Å². The highest BCUT2D eigenvalue weighted by molar-refractivity contribution is 5.81. The predicted molar refractivity (Wildman–Crippen MR) is 69.3 cm³/mol. The standard InChI is InChI=1S/C13H25NO4/c1-6-8-9-18-13(16)14(5)11(10(3)4)12(15)17-7-2/h10-11H,6-9H2,1-5H3. The number of esters is 1. The van der Waals surface area contributed by atoms with Crippen LogP contribution in [0, 0.1) is 5.92 Å². The monoisotopic (exact) mass is 259 g/mol. The third kappa shape index (κ3) is 5.38. The maximum atomic E-state index is 11.8. The van der Waals surface area contributed by atoms with Crippen molar-refractivity contribution in [3.8, 4) is 0 Å². The zero-order valence-corrected chi connectivity index (χ0v) is 12.1. The molecule has 5 heteroatoms. The largest absolute Gasteiger partial charge is 0.464 e. The fourth-order valence-corrected chi connectivity index (χ4v) is 1.62. The van der Waals surface area contributed by atoms with Crippen LogP contribution in [0.15, 0.2) is 0 Å². The Morgan fingerprint density at radius 2 is 1.78 bits per heavy atom. The lowest BCUT2D eigenvalue weighted by Crippen LogP contribution is -2.46. The first-order valence-electron chi connectivity index (χ1n) is 6.51. The SMILES string of the molecule is CCCCOC(=O)N(C)C(C(=O)OCC)C(C)C. The molecule has 0 aromatic carbocycles. The van der Waals surface area contributed by atoms with Crippen molar-refractivity contribution in [1.82, 2.24) is 4.90 Å². The molecule has 0 rings (SSSR count). The lowest BCUT2D eigenvalue weighted by molar-refractivity contribution is -0.150. The molecular weight excluding hydrogens is 234 g/mol. The first-order valence-corrected chi connectivity index (χ1v) is 6.51. The van der Waals surface area contributed by atoms with Crippen molar-refractivity contribution in [1.29, 1.82) is 0 Å². The van der Waals surface area contributed by atoms with Crippen molar-refractivity contribution in [3.05, 3.63) is 0 Å². The van der Waals surface area contributed by atoms with E-state index in [0.717, 1.165) is 12.8 Å². The van der Waals surface area contributed by atoms with Crippen LogP contribution >= 0.6 is 0 Å². The average molecular weight is 259 g/mol. The van der Waals surface area contributed by atoms with Crippen LogP contribution in [0.3, 0.4) is 0 Å². The molecule has 0 aliphatic heterocycles. The van der Waals surface area contributed by atoms with Crippen LogP contribution in [0.4, 0.5) is 4.79 Å². The molecule has 106 valence electrons. The summed E-state index contributed by atoms with van der Waals surface area (Å²) in [5.74, 6) is -0.407. The fourth-order valence-electron chi connectivity index (χ4n) is 1.62. The molecule has 1 unspecified atom stereocenters. The number of nitrogens with zero attached hydrogens (tertiary/aromatic N) is 1. The summed E-state index contributed by atoms with van der Waals surface area (Å²) < 4.78 is 10.1. The summed E-state index contributed by atoms with van der Waals surface area (Å²) in [6.07, 6.45) is 1.31. The molecule has 0 saturated carbocycles. The Labute approximate surface area is 109 Å². The van der Waals surface area contributed by atoms with E-state index in [1.165, 1.54) is 4.90 Å².